The van der Waals surface area contributed by atoms with Crippen LogP contribution in [-0.4, -0.2) is 9.97 Å². The van der Waals surface area contributed by atoms with E-state index in [0.717, 1.165) is 48.3 Å². The van der Waals surface area contributed by atoms with Gasteiger partial charge in [-0.1, -0.05) is 31.2 Å². The minimum absolute atomic E-state index is 0.111. The summed E-state index contributed by atoms with van der Waals surface area (Å²) in [6, 6.07) is 8.60. The van der Waals surface area contributed by atoms with Crippen molar-refractivity contribution in [3.63, 3.8) is 0 Å². The molecular formula is C16H19N3. The molecule has 0 bridgehead atoms. The van der Waals surface area contributed by atoms with E-state index in [1.807, 2.05) is 6.20 Å². The molecule has 1 heterocycles. The highest BCUT2D eigenvalue weighted by atomic mass is 14.9. The van der Waals surface area contributed by atoms with Crippen LogP contribution in [0.2, 0.25) is 0 Å². The van der Waals surface area contributed by atoms with E-state index < -0.39 is 0 Å². The highest BCUT2D eigenvalue weighted by molar-refractivity contribution is 5.55. The van der Waals surface area contributed by atoms with Crippen LogP contribution in [-0.2, 0) is 12.8 Å². The molecule has 98 valence electrons. The molecule has 3 heteroatoms. The van der Waals surface area contributed by atoms with Gasteiger partial charge in [0.2, 0.25) is 0 Å². The number of hydrogen-bond donors (Lipinski definition) is 1. The van der Waals surface area contributed by atoms with E-state index in [1.54, 1.807) is 0 Å². The number of fused-ring (bicyclic) bond motifs is 1. The van der Waals surface area contributed by atoms with Crippen LogP contribution < -0.4 is 5.73 Å². The molecule has 1 aliphatic carbocycles. The smallest absolute Gasteiger partial charge is 0.159 e. The van der Waals surface area contributed by atoms with Gasteiger partial charge >= 0.3 is 0 Å². The van der Waals surface area contributed by atoms with E-state index in [4.69, 9.17) is 10.7 Å². The second kappa shape index (κ2) is 5.10. The van der Waals surface area contributed by atoms with Crippen LogP contribution in [0.3, 0.4) is 0 Å². The van der Waals surface area contributed by atoms with Gasteiger partial charge < -0.3 is 5.73 Å². The van der Waals surface area contributed by atoms with Crippen molar-refractivity contribution in [3.05, 3.63) is 47.3 Å². The Morgan fingerprint density at radius 2 is 2.05 bits per heavy atom. The van der Waals surface area contributed by atoms with Crippen molar-refractivity contribution in [2.24, 2.45) is 5.73 Å². The Balaban J connectivity index is 1.96. The molecule has 1 aromatic carbocycles. The first kappa shape index (κ1) is 12.3. The summed E-state index contributed by atoms with van der Waals surface area (Å²) in [5.41, 5.74) is 10.8. The van der Waals surface area contributed by atoms with Crippen LogP contribution in [0, 0.1) is 0 Å². The number of benzene rings is 1. The van der Waals surface area contributed by atoms with Crippen LogP contribution >= 0.6 is 0 Å². The van der Waals surface area contributed by atoms with Crippen molar-refractivity contribution in [2.75, 3.05) is 0 Å². The van der Waals surface area contributed by atoms with Crippen LogP contribution in [0.1, 0.15) is 42.6 Å². The number of aryl methyl sites for hydroxylation is 2. The second-order valence-electron chi connectivity index (χ2n) is 5.14. The number of rotatable bonds is 2. The monoisotopic (exact) mass is 253 g/mol. The molecule has 0 saturated heterocycles. The molecule has 19 heavy (non-hydrogen) atoms. The maximum Gasteiger partial charge on any atom is 0.159 e. The third kappa shape index (κ3) is 2.38. The Morgan fingerprint density at radius 3 is 2.79 bits per heavy atom. The minimum atomic E-state index is 0.111. The topological polar surface area (TPSA) is 51.8 Å². The number of nitrogens with two attached hydrogens (primary N) is 1. The average molecular weight is 253 g/mol. The summed E-state index contributed by atoms with van der Waals surface area (Å²) in [6.07, 6.45) is 6.15. The highest BCUT2D eigenvalue weighted by Gasteiger charge is 2.19. The normalized spacial score (nSPS) is 18.1. The lowest BCUT2D eigenvalue weighted by molar-refractivity contribution is 0.557. The Morgan fingerprint density at radius 1 is 1.26 bits per heavy atom. The Bertz CT molecular complexity index is 575. The van der Waals surface area contributed by atoms with Gasteiger partial charge in [-0.05, 0) is 31.2 Å². The number of nitrogens with zero attached hydrogens (tertiary/aromatic N) is 2. The van der Waals surface area contributed by atoms with E-state index in [1.165, 1.54) is 5.56 Å². The van der Waals surface area contributed by atoms with E-state index >= 15 is 0 Å². The molecule has 3 nitrogen and oxygen atoms in total. The predicted molar refractivity (Wildman–Crippen MR) is 76.7 cm³/mol. The van der Waals surface area contributed by atoms with Gasteiger partial charge in [0, 0.05) is 29.1 Å². The fourth-order valence-corrected chi connectivity index (χ4v) is 2.61. The SMILES string of the molecule is CCc1ccc(-c2ncc3c(n2)CCCC3N)cc1. The Kier molecular flexibility index (Phi) is 3.30. The largest absolute Gasteiger partial charge is 0.324 e. The first-order chi connectivity index (χ1) is 9.28. The van der Waals surface area contributed by atoms with Crippen molar-refractivity contribution in [1.29, 1.82) is 0 Å². The Hall–Kier alpha value is -1.74. The van der Waals surface area contributed by atoms with Gasteiger partial charge in [-0.3, -0.25) is 0 Å². The lowest BCUT2D eigenvalue weighted by Crippen LogP contribution is -2.19. The fourth-order valence-electron chi connectivity index (χ4n) is 2.61. The van der Waals surface area contributed by atoms with Crippen LogP contribution in [0.5, 0.6) is 0 Å². The summed E-state index contributed by atoms with van der Waals surface area (Å²) in [6.45, 7) is 2.16. The van der Waals surface area contributed by atoms with Crippen molar-refractivity contribution in [1.82, 2.24) is 9.97 Å². The summed E-state index contributed by atoms with van der Waals surface area (Å²) < 4.78 is 0. The summed E-state index contributed by atoms with van der Waals surface area (Å²) in [5, 5.41) is 0. The standard InChI is InChI=1S/C16H19N3/c1-2-11-6-8-12(9-7-11)16-18-10-13-14(17)4-3-5-15(13)19-16/h6-10,14H,2-5,17H2,1H3. The van der Waals surface area contributed by atoms with Crippen molar-refractivity contribution in [2.45, 2.75) is 38.6 Å². The molecule has 1 atom stereocenters. The zero-order valence-corrected chi connectivity index (χ0v) is 11.3. The Labute approximate surface area is 113 Å². The average Bonchev–Trinajstić information content (AvgIpc) is 2.47. The second-order valence-corrected chi connectivity index (χ2v) is 5.14. The van der Waals surface area contributed by atoms with Gasteiger partial charge in [-0.2, -0.15) is 0 Å². The van der Waals surface area contributed by atoms with Gasteiger partial charge in [0.1, 0.15) is 0 Å². The van der Waals surface area contributed by atoms with Gasteiger partial charge in [0.05, 0.1) is 0 Å². The molecular weight excluding hydrogens is 234 g/mol. The summed E-state index contributed by atoms with van der Waals surface area (Å²) in [7, 11) is 0. The molecule has 0 amide bonds. The first-order valence-electron chi connectivity index (χ1n) is 6.98. The molecule has 1 unspecified atom stereocenters. The van der Waals surface area contributed by atoms with E-state index in [9.17, 15) is 0 Å². The lowest BCUT2D eigenvalue weighted by Gasteiger charge is -2.21. The molecule has 0 saturated carbocycles. The van der Waals surface area contributed by atoms with E-state index in [-0.39, 0.29) is 6.04 Å². The summed E-state index contributed by atoms with van der Waals surface area (Å²) in [4.78, 5) is 9.18. The quantitative estimate of drug-likeness (QED) is 0.895. The molecule has 0 aliphatic heterocycles. The third-order valence-electron chi connectivity index (χ3n) is 3.85. The zero-order valence-electron chi connectivity index (χ0n) is 11.3. The van der Waals surface area contributed by atoms with E-state index in [2.05, 4.69) is 36.2 Å². The van der Waals surface area contributed by atoms with Gasteiger partial charge in [0.25, 0.3) is 0 Å². The molecule has 0 radical (unpaired) electrons. The molecule has 0 spiro atoms. The van der Waals surface area contributed by atoms with Crippen LogP contribution in [0.4, 0.5) is 0 Å². The van der Waals surface area contributed by atoms with Crippen molar-refractivity contribution >= 4 is 0 Å². The molecule has 3 rings (SSSR count). The molecule has 2 N–H and O–H groups in total. The van der Waals surface area contributed by atoms with Gasteiger partial charge in [-0.25, -0.2) is 9.97 Å². The highest BCUT2D eigenvalue weighted by Crippen LogP contribution is 2.27. The minimum Gasteiger partial charge on any atom is -0.324 e. The molecule has 1 aliphatic rings. The predicted octanol–water partition coefficient (Wildman–Crippen LogP) is 3.04. The van der Waals surface area contributed by atoms with Gasteiger partial charge in [-0.15, -0.1) is 0 Å². The number of hydrogen-bond acceptors (Lipinski definition) is 3. The lowest BCUT2D eigenvalue weighted by atomic mass is 9.93. The first-order valence-corrected chi connectivity index (χ1v) is 6.98. The summed E-state index contributed by atoms with van der Waals surface area (Å²) >= 11 is 0. The third-order valence-corrected chi connectivity index (χ3v) is 3.85. The number of aromatic nitrogens is 2. The zero-order chi connectivity index (χ0) is 13.2. The summed E-state index contributed by atoms with van der Waals surface area (Å²) in [5.74, 6) is 0.815. The van der Waals surface area contributed by atoms with Crippen molar-refractivity contribution in [3.8, 4) is 11.4 Å². The maximum atomic E-state index is 6.09. The fraction of sp³-hybridized carbons (Fsp3) is 0.375. The molecule has 2 aromatic rings. The molecule has 0 fully saturated rings. The maximum absolute atomic E-state index is 6.09. The molecule has 1 aromatic heterocycles. The van der Waals surface area contributed by atoms with Crippen molar-refractivity contribution < 1.29 is 0 Å². The van der Waals surface area contributed by atoms with Crippen LogP contribution in [0.25, 0.3) is 11.4 Å². The van der Waals surface area contributed by atoms with Gasteiger partial charge in [0.15, 0.2) is 5.82 Å². The van der Waals surface area contributed by atoms with Crippen LogP contribution in [0.15, 0.2) is 30.5 Å². The van der Waals surface area contributed by atoms with E-state index in [0.29, 0.717) is 0 Å².